The SMILES string of the molecule is COc1ccc(Cl)cc1CN1CCN(C(=O)c2ccc(C)cc2)CC1. The van der Waals surface area contributed by atoms with Crippen molar-refractivity contribution in [3.63, 3.8) is 0 Å². The molecule has 132 valence electrons. The van der Waals surface area contributed by atoms with E-state index in [1.165, 1.54) is 0 Å². The molecular weight excluding hydrogens is 336 g/mol. The summed E-state index contributed by atoms with van der Waals surface area (Å²) in [5, 5.41) is 0.712. The minimum atomic E-state index is 0.111. The second-order valence-electron chi connectivity index (χ2n) is 6.39. The van der Waals surface area contributed by atoms with Gasteiger partial charge in [-0.2, -0.15) is 0 Å². The van der Waals surface area contributed by atoms with Gasteiger partial charge in [0, 0.05) is 48.9 Å². The quantitative estimate of drug-likeness (QED) is 0.837. The van der Waals surface area contributed by atoms with Gasteiger partial charge in [-0.3, -0.25) is 9.69 Å². The van der Waals surface area contributed by atoms with E-state index in [1.54, 1.807) is 7.11 Å². The van der Waals surface area contributed by atoms with Crippen LogP contribution in [0.5, 0.6) is 5.75 Å². The van der Waals surface area contributed by atoms with Crippen LogP contribution in [-0.2, 0) is 6.54 Å². The molecule has 1 amide bonds. The van der Waals surface area contributed by atoms with Crippen LogP contribution in [0.2, 0.25) is 5.02 Å². The van der Waals surface area contributed by atoms with Crippen LogP contribution in [0.15, 0.2) is 42.5 Å². The van der Waals surface area contributed by atoms with E-state index < -0.39 is 0 Å². The number of amides is 1. The molecule has 4 nitrogen and oxygen atoms in total. The molecule has 0 atom stereocenters. The number of carbonyl (C=O) groups is 1. The van der Waals surface area contributed by atoms with Crippen molar-refractivity contribution in [1.82, 2.24) is 9.80 Å². The van der Waals surface area contributed by atoms with Crippen molar-refractivity contribution in [1.29, 1.82) is 0 Å². The van der Waals surface area contributed by atoms with E-state index in [0.717, 1.165) is 55.2 Å². The number of benzene rings is 2. The summed E-state index contributed by atoms with van der Waals surface area (Å²) in [6.07, 6.45) is 0. The van der Waals surface area contributed by atoms with Gasteiger partial charge in [-0.15, -0.1) is 0 Å². The second-order valence-corrected chi connectivity index (χ2v) is 6.83. The smallest absolute Gasteiger partial charge is 0.253 e. The Hall–Kier alpha value is -2.04. The van der Waals surface area contributed by atoms with Gasteiger partial charge >= 0.3 is 0 Å². The first-order valence-corrected chi connectivity index (χ1v) is 8.85. The largest absolute Gasteiger partial charge is 0.496 e. The number of ether oxygens (including phenoxy) is 1. The number of aryl methyl sites for hydroxylation is 1. The number of hydrogen-bond acceptors (Lipinski definition) is 3. The average molecular weight is 359 g/mol. The Labute approximate surface area is 154 Å². The molecule has 0 bridgehead atoms. The van der Waals surface area contributed by atoms with Crippen molar-refractivity contribution in [2.75, 3.05) is 33.3 Å². The van der Waals surface area contributed by atoms with E-state index in [9.17, 15) is 4.79 Å². The lowest BCUT2D eigenvalue weighted by Gasteiger charge is -2.35. The zero-order valence-corrected chi connectivity index (χ0v) is 15.4. The highest BCUT2D eigenvalue weighted by Gasteiger charge is 2.22. The first kappa shape index (κ1) is 17.8. The van der Waals surface area contributed by atoms with Gasteiger partial charge in [-0.25, -0.2) is 0 Å². The highest BCUT2D eigenvalue weighted by molar-refractivity contribution is 6.30. The molecule has 0 spiro atoms. The summed E-state index contributed by atoms with van der Waals surface area (Å²) in [6, 6.07) is 13.5. The fourth-order valence-corrected chi connectivity index (χ4v) is 3.29. The third kappa shape index (κ3) is 4.33. The first-order chi connectivity index (χ1) is 12.1. The predicted octanol–water partition coefficient (Wildman–Crippen LogP) is 3.62. The Morgan fingerprint density at radius 2 is 1.76 bits per heavy atom. The van der Waals surface area contributed by atoms with Gasteiger partial charge in [-0.05, 0) is 37.3 Å². The summed E-state index contributed by atoms with van der Waals surface area (Å²) in [6.45, 7) is 5.94. The molecule has 1 saturated heterocycles. The number of carbonyl (C=O) groups excluding carboxylic acids is 1. The molecule has 3 rings (SSSR count). The van der Waals surface area contributed by atoms with Crippen LogP contribution in [0.1, 0.15) is 21.5 Å². The van der Waals surface area contributed by atoms with Crippen LogP contribution in [0.25, 0.3) is 0 Å². The van der Waals surface area contributed by atoms with Gasteiger partial charge in [0.2, 0.25) is 0 Å². The number of rotatable bonds is 4. The van der Waals surface area contributed by atoms with E-state index in [2.05, 4.69) is 4.90 Å². The van der Waals surface area contributed by atoms with Crippen LogP contribution in [0.4, 0.5) is 0 Å². The van der Waals surface area contributed by atoms with E-state index in [0.29, 0.717) is 5.02 Å². The van der Waals surface area contributed by atoms with Crippen LogP contribution < -0.4 is 4.74 Å². The van der Waals surface area contributed by atoms with Gasteiger partial charge < -0.3 is 9.64 Å². The normalized spacial score (nSPS) is 15.2. The summed E-state index contributed by atoms with van der Waals surface area (Å²) >= 11 is 6.11. The Bertz CT molecular complexity index is 738. The minimum absolute atomic E-state index is 0.111. The summed E-state index contributed by atoms with van der Waals surface area (Å²) in [4.78, 5) is 16.8. The molecule has 25 heavy (non-hydrogen) atoms. The summed E-state index contributed by atoms with van der Waals surface area (Å²) in [5.74, 6) is 0.961. The molecule has 1 fully saturated rings. The first-order valence-electron chi connectivity index (χ1n) is 8.47. The number of hydrogen-bond donors (Lipinski definition) is 0. The van der Waals surface area contributed by atoms with Gasteiger partial charge in [0.1, 0.15) is 5.75 Å². The van der Waals surface area contributed by atoms with Gasteiger partial charge in [0.25, 0.3) is 5.91 Å². The van der Waals surface area contributed by atoms with Crippen molar-refractivity contribution in [2.45, 2.75) is 13.5 Å². The minimum Gasteiger partial charge on any atom is -0.496 e. The monoisotopic (exact) mass is 358 g/mol. The molecule has 1 aliphatic rings. The molecule has 0 unspecified atom stereocenters. The maximum atomic E-state index is 12.6. The number of nitrogens with zero attached hydrogens (tertiary/aromatic N) is 2. The molecule has 0 aliphatic carbocycles. The van der Waals surface area contributed by atoms with E-state index in [-0.39, 0.29) is 5.91 Å². The highest BCUT2D eigenvalue weighted by atomic mass is 35.5. The maximum absolute atomic E-state index is 12.6. The molecule has 2 aromatic carbocycles. The van der Waals surface area contributed by atoms with E-state index in [4.69, 9.17) is 16.3 Å². The molecule has 1 aliphatic heterocycles. The average Bonchev–Trinajstić information content (AvgIpc) is 2.63. The predicted molar refractivity (Wildman–Crippen MR) is 100 cm³/mol. The van der Waals surface area contributed by atoms with Crippen LogP contribution in [-0.4, -0.2) is 49.0 Å². The molecule has 0 radical (unpaired) electrons. The van der Waals surface area contributed by atoms with Crippen LogP contribution in [0.3, 0.4) is 0 Å². The molecule has 1 heterocycles. The molecule has 5 heteroatoms. The van der Waals surface area contributed by atoms with Crippen LogP contribution >= 0.6 is 11.6 Å². The van der Waals surface area contributed by atoms with Crippen molar-refractivity contribution in [3.8, 4) is 5.75 Å². The zero-order chi connectivity index (χ0) is 17.8. The molecule has 2 aromatic rings. The van der Waals surface area contributed by atoms with Crippen LogP contribution in [0, 0.1) is 6.92 Å². The van der Waals surface area contributed by atoms with Gasteiger partial charge in [0.15, 0.2) is 0 Å². The summed E-state index contributed by atoms with van der Waals surface area (Å²) < 4.78 is 5.42. The molecule has 0 N–H and O–H groups in total. The van der Waals surface area contributed by atoms with E-state index >= 15 is 0 Å². The van der Waals surface area contributed by atoms with Gasteiger partial charge in [0.05, 0.1) is 7.11 Å². The number of methoxy groups -OCH3 is 1. The standard InChI is InChI=1S/C20H23ClN2O2/c1-15-3-5-16(6-4-15)20(24)23-11-9-22(10-12-23)14-17-13-18(21)7-8-19(17)25-2/h3-8,13H,9-12,14H2,1-2H3. The zero-order valence-electron chi connectivity index (χ0n) is 14.7. The van der Waals surface area contributed by atoms with Gasteiger partial charge in [-0.1, -0.05) is 29.3 Å². The fraction of sp³-hybridized carbons (Fsp3) is 0.350. The summed E-state index contributed by atoms with van der Waals surface area (Å²) in [7, 11) is 1.67. The number of halogens is 1. The lowest BCUT2D eigenvalue weighted by Crippen LogP contribution is -2.48. The summed E-state index contributed by atoms with van der Waals surface area (Å²) in [5.41, 5.74) is 3.00. The Morgan fingerprint density at radius 3 is 2.40 bits per heavy atom. The number of piperazine rings is 1. The lowest BCUT2D eigenvalue weighted by atomic mass is 10.1. The second kappa shape index (κ2) is 7.89. The maximum Gasteiger partial charge on any atom is 0.253 e. The van der Waals surface area contributed by atoms with Crippen molar-refractivity contribution in [2.24, 2.45) is 0 Å². The fourth-order valence-electron chi connectivity index (χ4n) is 3.10. The third-order valence-electron chi connectivity index (χ3n) is 4.59. The van der Waals surface area contributed by atoms with Crippen molar-refractivity contribution in [3.05, 3.63) is 64.2 Å². The third-order valence-corrected chi connectivity index (χ3v) is 4.83. The molecular formula is C20H23ClN2O2. The Balaban J connectivity index is 1.59. The topological polar surface area (TPSA) is 32.8 Å². The highest BCUT2D eigenvalue weighted by Crippen LogP contribution is 2.24. The lowest BCUT2D eigenvalue weighted by molar-refractivity contribution is 0.0627. The Kier molecular flexibility index (Phi) is 5.61. The van der Waals surface area contributed by atoms with E-state index in [1.807, 2.05) is 54.3 Å². The van der Waals surface area contributed by atoms with Crippen molar-refractivity contribution < 1.29 is 9.53 Å². The Morgan fingerprint density at radius 1 is 1.08 bits per heavy atom. The van der Waals surface area contributed by atoms with Crippen molar-refractivity contribution >= 4 is 17.5 Å². The molecule has 0 aromatic heterocycles. The molecule has 0 saturated carbocycles.